The molecule has 0 aliphatic rings. The fraction of sp³-hybridized carbons (Fsp3) is 0.222. The van der Waals surface area contributed by atoms with Gasteiger partial charge in [-0.05, 0) is 23.8 Å². The van der Waals surface area contributed by atoms with E-state index in [0.29, 0.717) is 6.07 Å². The molecule has 0 atom stereocenters. The first-order chi connectivity index (χ1) is 13.4. The van der Waals surface area contributed by atoms with Crippen LogP contribution >= 0.6 is 11.6 Å². The van der Waals surface area contributed by atoms with E-state index in [2.05, 4.69) is 4.74 Å². The van der Waals surface area contributed by atoms with Gasteiger partial charge in [0, 0.05) is 0 Å². The summed E-state index contributed by atoms with van der Waals surface area (Å²) in [7, 11) is 0. The van der Waals surface area contributed by atoms with Crippen LogP contribution in [-0.4, -0.2) is 18.5 Å². The van der Waals surface area contributed by atoms with Crippen LogP contribution < -0.4 is 5.32 Å². The predicted molar refractivity (Wildman–Crippen MR) is 91.2 cm³/mol. The normalized spacial score (nSPS) is 11.8. The van der Waals surface area contributed by atoms with Gasteiger partial charge in [-0.25, -0.2) is 0 Å². The van der Waals surface area contributed by atoms with E-state index in [4.69, 9.17) is 11.6 Å². The number of ether oxygens (including phenoxy) is 1. The Morgan fingerprint density at radius 1 is 0.966 bits per heavy atom. The first-order valence-electron chi connectivity index (χ1n) is 7.85. The van der Waals surface area contributed by atoms with E-state index in [1.807, 2.05) is 5.32 Å². The van der Waals surface area contributed by atoms with Gasteiger partial charge in [-0.2, -0.15) is 26.3 Å². The highest BCUT2D eigenvalue weighted by Crippen LogP contribution is 2.38. The van der Waals surface area contributed by atoms with Crippen LogP contribution in [0.3, 0.4) is 0 Å². The zero-order chi connectivity index (χ0) is 21.8. The minimum Gasteiger partial charge on any atom is -0.455 e. The summed E-state index contributed by atoms with van der Waals surface area (Å²) in [6.07, 6.45) is -9.93. The number of rotatable bonds is 5. The van der Waals surface area contributed by atoms with Gasteiger partial charge in [-0.1, -0.05) is 35.9 Å². The summed E-state index contributed by atoms with van der Waals surface area (Å²) in [4.78, 5) is 23.6. The smallest absolute Gasteiger partial charge is 0.418 e. The SMILES string of the molecule is O=C(COC(=O)Cc1cccc(C(F)(F)F)c1)Nc1c(Cl)cccc1C(F)(F)F. The van der Waals surface area contributed by atoms with Crippen LogP contribution in [0.5, 0.6) is 0 Å². The van der Waals surface area contributed by atoms with E-state index in [-0.39, 0.29) is 10.6 Å². The second-order valence-corrected chi connectivity index (χ2v) is 6.15. The third-order valence-corrected chi connectivity index (χ3v) is 3.87. The second-order valence-electron chi connectivity index (χ2n) is 5.74. The second kappa shape index (κ2) is 8.73. The van der Waals surface area contributed by atoms with Crippen molar-refractivity contribution < 1.29 is 40.7 Å². The standard InChI is InChI=1S/C18H12ClF6NO3/c19-13-6-2-5-12(18(23,24)25)16(13)26-14(27)9-29-15(28)8-10-3-1-4-11(7-10)17(20,21)22/h1-7H,8-9H2,(H,26,27). The van der Waals surface area contributed by atoms with E-state index in [0.717, 1.165) is 30.3 Å². The molecule has 2 aromatic rings. The van der Waals surface area contributed by atoms with Gasteiger partial charge in [0.15, 0.2) is 6.61 Å². The highest BCUT2D eigenvalue weighted by atomic mass is 35.5. The molecule has 0 heterocycles. The van der Waals surface area contributed by atoms with Crippen LogP contribution in [0.25, 0.3) is 0 Å². The molecule has 2 aromatic carbocycles. The lowest BCUT2D eigenvalue weighted by atomic mass is 10.1. The van der Waals surface area contributed by atoms with Crippen molar-refractivity contribution in [2.45, 2.75) is 18.8 Å². The van der Waals surface area contributed by atoms with Crippen molar-refractivity contribution in [1.29, 1.82) is 0 Å². The van der Waals surface area contributed by atoms with Gasteiger partial charge in [0.2, 0.25) is 0 Å². The molecule has 0 aromatic heterocycles. The van der Waals surface area contributed by atoms with Gasteiger partial charge in [0.05, 0.1) is 28.3 Å². The molecule has 0 spiro atoms. The number of esters is 1. The van der Waals surface area contributed by atoms with Crippen LogP contribution in [0.4, 0.5) is 32.0 Å². The fourth-order valence-corrected chi connectivity index (χ4v) is 2.51. The van der Waals surface area contributed by atoms with E-state index < -0.39 is 54.1 Å². The van der Waals surface area contributed by atoms with Gasteiger partial charge in [-0.15, -0.1) is 0 Å². The molecule has 0 fully saturated rings. The molecular weight excluding hydrogens is 428 g/mol. The third kappa shape index (κ3) is 6.38. The molecule has 156 valence electrons. The highest BCUT2D eigenvalue weighted by Gasteiger charge is 2.35. The fourth-order valence-electron chi connectivity index (χ4n) is 2.28. The van der Waals surface area contributed by atoms with Gasteiger partial charge >= 0.3 is 18.3 Å². The van der Waals surface area contributed by atoms with Crippen LogP contribution in [0.15, 0.2) is 42.5 Å². The maximum absolute atomic E-state index is 13.0. The molecule has 1 N–H and O–H groups in total. The molecule has 29 heavy (non-hydrogen) atoms. The molecule has 11 heteroatoms. The number of halogens is 7. The molecule has 0 saturated heterocycles. The number of hydrogen-bond acceptors (Lipinski definition) is 3. The Labute approximate surface area is 165 Å². The lowest BCUT2D eigenvalue weighted by Crippen LogP contribution is -2.23. The van der Waals surface area contributed by atoms with E-state index in [1.54, 1.807) is 0 Å². The van der Waals surface area contributed by atoms with Crippen molar-refractivity contribution in [1.82, 2.24) is 0 Å². The molecule has 2 rings (SSSR count). The number of benzene rings is 2. The van der Waals surface area contributed by atoms with E-state index >= 15 is 0 Å². The summed E-state index contributed by atoms with van der Waals surface area (Å²) < 4.78 is 81.5. The van der Waals surface area contributed by atoms with Crippen molar-refractivity contribution in [2.75, 3.05) is 11.9 Å². The summed E-state index contributed by atoms with van der Waals surface area (Å²) in [5, 5.41) is 1.54. The largest absolute Gasteiger partial charge is 0.455 e. The number of carbonyl (C=O) groups excluding carboxylic acids is 2. The molecular formula is C18H12ClF6NO3. The van der Waals surface area contributed by atoms with Gasteiger partial charge in [0.25, 0.3) is 5.91 Å². The number of nitrogens with one attached hydrogen (secondary N) is 1. The van der Waals surface area contributed by atoms with E-state index in [9.17, 15) is 35.9 Å². The highest BCUT2D eigenvalue weighted by molar-refractivity contribution is 6.34. The molecule has 0 aliphatic heterocycles. The lowest BCUT2D eigenvalue weighted by molar-refractivity contribution is -0.146. The minimum atomic E-state index is -4.78. The summed E-state index contributed by atoms with van der Waals surface area (Å²) in [5.41, 5.74) is -2.84. The molecule has 0 aliphatic carbocycles. The van der Waals surface area contributed by atoms with Crippen molar-refractivity contribution in [3.63, 3.8) is 0 Å². The zero-order valence-corrected chi connectivity index (χ0v) is 15.1. The molecule has 4 nitrogen and oxygen atoms in total. The number of hydrogen-bond donors (Lipinski definition) is 1. The maximum atomic E-state index is 13.0. The van der Waals surface area contributed by atoms with Gasteiger partial charge in [0.1, 0.15) is 0 Å². The maximum Gasteiger partial charge on any atom is 0.418 e. The monoisotopic (exact) mass is 439 g/mol. The Kier molecular flexibility index (Phi) is 6.78. The summed E-state index contributed by atoms with van der Waals surface area (Å²) in [6, 6.07) is 6.83. The Morgan fingerprint density at radius 2 is 1.62 bits per heavy atom. The van der Waals surface area contributed by atoms with Crippen LogP contribution in [0.2, 0.25) is 5.02 Å². The number of para-hydroxylation sites is 1. The third-order valence-electron chi connectivity index (χ3n) is 3.55. The molecule has 0 radical (unpaired) electrons. The Hall–Kier alpha value is -2.75. The summed E-state index contributed by atoms with van der Waals surface area (Å²) >= 11 is 5.69. The number of carbonyl (C=O) groups is 2. The Balaban J connectivity index is 1.98. The van der Waals surface area contributed by atoms with E-state index in [1.165, 1.54) is 6.07 Å². The van der Waals surface area contributed by atoms with Gasteiger partial charge < -0.3 is 10.1 Å². The first kappa shape index (κ1) is 22.5. The van der Waals surface area contributed by atoms with Crippen molar-refractivity contribution in [3.8, 4) is 0 Å². The van der Waals surface area contributed by atoms with Crippen LogP contribution in [0, 0.1) is 0 Å². The average molecular weight is 440 g/mol. The first-order valence-corrected chi connectivity index (χ1v) is 8.23. The average Bonchev–Trinajstić information content (AvgIpc) is 2.60. The topological polar surface area (TPSA) is 55.4 Å². The predicted octanol–water partition coefficient (Wildman–Crippen LogP) is 5.10. The van der Waals surface area contributed by atoms with Crippen molar-refractivity contribution >= 4 is 29.2 Å². The molecule has 0 bridgehead atoms. The van der Waals surface area contributed by atoms with Gasteiger partial charge in [-0.3, -0.25) is 9.59 Å². The van der Waals surface area contributed by atoms with Crippen LogP contribution in [-0.2, 0) is 33.1 Å². The minimum absolute atomic E-state index is 0.00399. The van der Waals surface area contributed by atoms with Crippen molar-refractivity contribution in [2.24, 2.45) is 0 Å². The summed E-state index contributed by atoms with van der Waals surface area (Å²) in [6.45, 7) is -0.944. The van der Waals surface area contributed by atoms with Crippen LogP contribution in [0.1, 0.15) is 16.7 Å². The summed E-state index contributed by atoms with van der Waals surface area (Å²) in [5.74, 6) is -2.13. The Bertz CT molecular complexity index is 911. The molecule has 0 unspecified atom stereocenters. The zero-order valence-electron chi connectivity index (χ0n) is 14.3. The number of anilines is 1. The quantitative estimate of drug-likeness (QED) is 0.521. The lowest BCUT2D eigenvalue weighted by Gasteiger charge is -2.15. The Morgan fingerprint density at radius 3 is 2.24 bits per heavy atom. The molecule has 0 saturated carbocycles. The van der Waals surface area contributed by atoms with Crippen molar-refractivity contribution in [3.05, 3.63) is 64.2 Å². The number of amides is 1. The number of alkyl halides is 6. The molecule has 1 amide bonds.